The van der Waals surface area contributed by atoms with Crippen LogP contribution in [0.5, 0.6) is 0 Å². The van der Waals surface area contributed by atoms with Crippen molar-refractivity contribution in [2.75, 3.05) is 0 Å². The molecule has 0 unspecified atom stereocenters. The second-order valence-electron chi connectivity index (χ2n) is 5.30. The molecule has 0 bridgehead atoms. The number of benzene rings is 1. The van der Waals surface area contributed by atoms with E-state index in [1.54, 1.807) is 27.7 Å². The second kappa shape index (κ2) is 4.18. The molecule has 0 aliphatic rings. The lowest BCUT2D eigenvalue weighted by Crippen LogP contribution is -2.52. The molecule has 94 valence electrons. The van der Waals surface area contributed by atoms with Gasteiger partial charge in [0.25, 0.3) is 0 Å². The van der Waals surface area contributed by atoms with Crippen LogP contribution in [0.25, 0.3) is 0 Å². The number of nitrogens with two attached hydrogens (primary N) is 1. The summed E-state index contributed by atoms with van der Waals surface area (Å²) in [4.78, 5) is 12.2. The molecule has 0 saturated carbocycles. The van der Waals surface area contributed by atoms with Crippen molar-refractivity contribution >= 4 is 5.78 Å². The van der Waals surface area contributed by atoms with E-state index in [0.29, 0.717) is 0 Å². The molecule has 0 aliphatic heterocycles. The van der Waals surface area contributed by atoms with E-state index in [-0.39, 0.29) is 5.56 Å². The average molecular weight is 241 g/mol. The number of carbonyl (C=O) groups excluding carboxylic acids is 1. The molecule has 0 heterocycles. The Morgan fingerprint density at radius 1 is 1.18 bits per heavy atom. The highest BCUT2D eigenvalue weighted by Crippen LogP contribution is 2.33. The molecule has 1 rings (SSSR count). The molecule has 2 nitrogen and oxygen atoms in total. The fourth-order valence-electron chi connectivity index (χ4n) is 1.30. The number of ketones is 1. The lowest BCUT2D eigenvalue weighted by Gasteiger charge is -2.37. The third-order valence-corrected chi connectivity index (χ3v) is 3.35. The smallest absolute Gasteiger partial charge is 0.173 e. The van der Waals surface area contributed by atoms with E-state index in [1.165, 1.54) is 0 Å². The Morgan fingerprint density at radius 3 is 2.18 bits per heavy atom. The molecule has 0 atom stereocenters. The molecule has 0 amide bonds. The van der Waals surface area contributed by atoms with Crippen molar-refractivity contribution in [1.29, 1.82) is 0 Å². The fraction of sp³-hybridized carbons (Fsp3) is 0.462. The van der Waals surface area contributed by atoms with Gasteiger partial charge in [-0.15, -0.1) is 0 Å². The first-order valence-corrected chi connectivity index (χ1v) is 5.36. The molecular formula is C13H17F2NO. The Labute approximate surface area is 99.8 Å². The van der Waals surface area contributed by atoms with E-state index >= 15 is 0 Å². The highest BCUT2D eigenvalue weighted by molar-refractivity contribution is 6.01. The van der Waals surface area contributed by atoms with Crippen LogP contribution in [0.3, 0.4) is 0 Å². The van der Waals surface area contributed by atoms with E-state index < -0.39 is 28.4 Å². The van der Waals surface area contributed by atoms with Gasteiger partial charge in [-0.2, -0.15) is 0 Å². The first-order valence-electron chi connectivity index (χ1n) is 5.36. The number of hydrogen-bond donors (Lipinski definition) is 1. The summed E-state index contributed by atoms with van der Waals surface area (Å²) in [6.45, 7) is 6.61. The van der Waals surface area contributed by atoms with E-state index in [2.05, 4.69) is 0 Å². The van der Waals surface area contributed by atoms with Crippen LogP contribution in [0.2, 0.25) is 0 Å². The van der Waals surface area contributed by atoms with Crippen molar-refractivity contribution in [3.05, 3.63) is 35.4 Å². The quantitative estimate of drug-likeness (QED) is 0.827. The molecule has 0 aliphatic carbocycles. The van der Waals surface area contributed by atoms with Crippen molar-refractivity contribution in [3.63, 3.8) is 0 Å². The number of hydrogen-bond acceptors (Lipinski definition) is 2. The van der Waals surface area contributed by atoms with Gasteiger partial charge in [-0.3, -0.25) is 4.79 Å². The van der Waals surface area contributed by atoms with Gasteiger partial charge in [0.15, 0.2) is 5.78 Å². The van der Waals surface area contributed by atoms with Crippen LogP contribution in [0.1, 0.15) is 38.1 Å². The third-order valence-electron chi connectivity index (χ3n) is 3.35. The summed E-state index contributed by atoms with van der Waals surface area (Å²) in [5.41, 5.74) is 3.83. The summed E-state index contributed by atoms with van der Waals surface area (Å²) in [6, 6.07) is 2.83. The van der Waals surface area contributed by atoms with E-state index in [9.17, 15) is 13.6 Å². The van der Waals surface area contributed by atoms with E-state index in [4.69, 9.17) is 5.73 Å². The monoisotopic (exact) mass is 241 g/mol. The van der Waals surface area contributed by atoms with Crippen LogP contribution >= 0.6 is 0 Å². The summed E-state index contributed by atoms with van der Waals surface area (Å²) in [5.74, 6) is -1.86. The van der Waals surface area contributed by atoms with Gasteiger partial charge in [-0.25, -0.2) is 8.78 Å². The van der Waals surface area contributed by atoms with Crippen LogP contribution < -0.4 is 5.73 Å². The lowest BCUT2D eigenvalue weighted by molar-refractivity contribution is 0.0730. The molecule has 2 N–H and O–H groups in total. The summed E-state index contributed by atoms with van der Waals surface area (Å²) in [7, 11) is 0. The Kier molecular flexibility index (Phi) is 3.39. The molecule has 0 saturated heterocycles. The molecular weight excluding hydrogens is 224 g/mol. The molecule has 0 spiro atoms. The largest absolute Gasteiger partial charge is 0.325 e. The van der Waals surface area contributed by atoms with Gasteiger partial charge in [0, 0.05) is 11.0 Å². The highest BCUT2D eigenvalue weighted by atomic mass is 19.1. The van der Waals surface area contributed by atoms with Crippen LogP contribution in [0, 0.1) is 17.0 Å². The Bertz CT molecular complexity index is 447. The topological polar surface area (TPSA) is 43.1 Å². The predicted octanol–water partition coefficient (Wildman–Crippen LogP) is 2.91. The van der Waals surface area contributed by atoms with Crippen molar-refractivity contribution in [1.82, 2.24) is 0 Å². The normalized spacial score (nSPS) is 12.6. The van der Waals surface area contributed by atoms with Gasteiger partial charge in [0.2, 0.25) is 0 Å². The minimum atomic E-state index is -0.984. The number of carbonyl (C=O) groups is 1. The summed E-state index contributed by atoms with van der Waals surface area (Å²) in [5, 5.41) is 0. The van der Waals surface area contributed by atoms with Gasteiger partial charge in [-0.1, -0.05) is 13.8 Å². The Balaban J connectivity index is 3.26. The number of halogens is 2. The molecule has 1 aromatic carbocycles. The number of Topliss-reactive ketones (excluding diaryl/α,β-unsaturated/α-hetero) is 1. The van der Waals surface area contributed by atoms with Crippen molar-refractivity contribution in [2.45, 2.75) is 33.2 Å². The fourth-order valence-corrected chi connectivity index (χ4v) is 1.30. The first kappa shape index (κ1) is 13.8. The van der Waals surface area contributed by atoms with Crippen molar-refractivity contribution < 1.29 is 13.6 Å². The summed E-state index contributed by atoms with van der Waals surface area (Å²) >= 11 is 0. The SMILES string of the molecule is CC(C)(N)C(C)(C)C(=O)c1cc(F)ccc1F. The zero-order valence-corrected chi connectivity index (χ0v) is 10.5. The minimum Gasteiger partial charge on any atom is -0.325 e. The maximum Gasteiger partial charge on any atom is 0.173 e. The Hall–Kier alpha value is -1.29. The lowest BCUT2D eigenvalue weighted by atomic mass is 9.70. The summed E-state index contributed by atoms with van der Waals surface area (Å²) in [6.07, 6.45) is 0. The first-order chi connectivity index (χ1) is 7.57. The van der Waals surface area contributed by atoms with Gasteiger partial charge in [0.1, 0.15) is 11.6 Å². The average Bonchev–Trinajstić information content (AvgIpc) is 2.19. The Morgan fingerprint density at radius 2 is 1.71 bits per heavy atom. The van der Waals surface area contributed by atoms with Crippen LogP contribution in [-0.2, 0) is 0 Å². The van der Waals surface area contributed by atoms with Gasteiger partial charge >= 0.3 is 0 Å². The van der Waals surface area contributed by atoms with Gasteiger partial charge < -0.3 is 5.73 Å². The van der Waals surface area contributed by atoms with Crippen molar-refractivity contribution in [3.8, 4) is 0 Å². The van der Waals surface area contributed by atoms with Crippen LogP contribution in [0.4, 0.5) is 8.78 Å². The van der Waals surface area contributed by atoms with Crippen LogP contribution in [-0.4, -0.2) is 11.3 Å². The zero-order chi connectivity index (χ0) is 13.4. The van der Waals surface area contributed by atoms with Crippen LogP contribution in [0.15, 0.2) is 18.2 Å². The predicted molar refractivity (Wildman–Crippen MR) is 62.7 cm³/mol. The maximum atomic E-state index is 13.5. The van der Waals surface area contributed by atoms with Gasteiger partial charge in [-0.05, 0) is 32.0 Å². The molecule has 17 heavy (non-hydrogen) atoms. The standard InChI is InChI=1S/C13H17F2NO/c1-12(2,13(3,4)16)11(17)9-7-8(14)5-6-10(9)15/h5-7H,16H2,1-4H3. The summed E-state index contributed by atoms with van der Waals surface area (Å²) < 4.78 is 26.6. The maximum absolute atomic E-state index is 13.5. The number of rotatable bonds is 3. The van der Waals surface area contributed by atoms with Gasteiger partial charge in [0.05, 0.1) is 5.56 Å². The second-order valence-corrected chi connectivity index (χ2v) is 5.30. The zero-order valence-electron chi connectivity index (χ0n) is 10.5. The minimum absolute atomic E-state index is 0.256. The molecule has 1 aromatic rings. The molecule has 0 aromatic heterocycles. The molecule has 0 radical (unpaired) electrons. The highest BCUT2D eigenvalue weighted by Gasteiger charge is 2.41. The van der Waals surface area contributed by atoms with E-state index in [1.807, 2.05) is 0 Å². The third kappa shape index (κ3) is 2.52. The molecule has 0 fully saturated rings. The van der Waals surface area contributed by atoms with Crippen molar-refractivity contribution in [2.24, 2.45) is 11.1 Å². The van der Waals surface area contributed by atoms with E-state index in [0.717, 1.165) is 18.2 Å². The molecule has 4 heteroatoms.